The molecule has 0 saturated heterocycles. The summed E-state index contributed by atoms with van der Waals surface area (Å²) in [5.74, 6) is -1.24. The first kappa shape index (κ1) is 13.2. The highest BCUT2D eigenvalue weighted by Gasteiger charge is 2.20. The van der Waals surface area contributed by atoms with Gasteiger partial charge in [0, 0.05) is 11.6 Å². The number of carboxylic acids is 1. The van der Waals surface area contributed by atoms with E-state index in [1.165, 1.54) is 36.4 Å². The molecule has 0 aliphatic carbocycles. The lowest BCUT2D eigenvalue weighted by atomic mass is 9.96. The second-order valence-corrected chi connectivity index (χ2v) is 3.95. The van der Waals surface area contributed by atoms with Crippen molar-refractivity contribution in [1.82, 2.24) is 0 Å². The van der Waals surface area contributed by atoms with Crippen LogP contribution in [0.2, 0.25) is 0 Å². The third kappa shape index (κ3) is 2.33. The molecular weight excluding hydrogens is 260 g/mol. The molecule has 0 radical (unpaired) electrons. The molecule has 6 heteroatoms. The number of aromatic carboxylic acids is 1. The second-order valence-electron chi connectivity index (χ2n) is 3.95. The van der Waals surface area contributed by atoms with Gasteiger partial charge in [0.25, 0.3) is 5.69 Å². The van der Waals surface area contributed by atoms with Crippen LogP contribution in [-0.2, 0) is 0 Å². The van der Waals surface area contributed by atoms with Gasteiger partial charge in [-0.2, -0.15) is 5.26 Å². The van der Waals surface area contributed by atoms with Gasteiger partial charge in [0.05, 0.1) is 27.7 Å². The third-order valence-electron chi connectivity index (χ3n) is 2.77. The Morgan fingerprint density at radius 3 is 2.50 bits per heavy atom. The predicted octanol–water partition coefficient (Wildman–Crippen LogP) is 2.83. The molecule has 0 saturated carbocycles. The highest BCUT2D eigenvalue weighted by Crippen LogP contribution is 2.32. The van der Waals surface area contributed by atoms with Crippen molar-refractivity contribution in [1.29, 1.82) is 5.26 Å². The van der Waals surface area contributed by atoms with Gasteiger partial charge in [0.15, 0.2) is 0 Å². The van der Waals surface area contributed by atoms with E-state index in [1.807, 2.05) is 6.07 Å². The molecule has 0 spiro atoms. The van der Waals surface area contributed by atoms with Crippen molar-refractivity contribution in [2.75, 3.05) is 0 Å². The lowest BCUT2D eigenvalue weighted by Gasteiger charge is -2.07. The molecule has 0 amide bonds. The van der Waals surface area contributed by atoms with Crippen molar-refractivity contribution < 1.29 is 14.8 Å². The Labute approximate surface area is 113 Å². The first-order valence-electron chi connectivity index (χ1n) is 5.56. The number of nitro groups is 1. The van der Waals surface area contributed by atoms with Crippen molar-refractivity contribution >= 4 is 11.7 Å². The number of carboxylic acid groups (broad SMARTS) is 1. The lowest BCUT2D eigenvalue weighted by Crippen LogP contribution is -2.02. The van der Waals surface area contributed by atoms with E-state index < -0.39 is 10.9 Å². The van der Waals surface area contributed by atoms with Crippen molar-refractivity contribution in [3.05, 3.63) is 63.7 Å². The second kappa shape index (κ2) is 5.20. The van der Waals surface area contributed by atoms with Gasteiger partial charge in [-0.15, -0.1) is 0 Å². The van der Waals surface area contributed by atoms with Gasteiger partial charge in [0.1, 0.15) is 0 Å². The Hall–Kier alpha value is -3.20. The summed E-state index contributed by atoms with van der Waals surface area (Å²) in [5, 5.41) is 29.0. The number of para-hydroxylation sites is 1. The summed E-state index contributed by atoms with van der Waals surface area (Å²) in [6, 6.07) is 11.8. The molecule has 0 unspecified atom stereocenters. The summed E-state index contributed by atoms with van der Waals surface area (Å²) in [6.45, 7) is 0. The van der Waals surface area contributed by atoms with E-state index in [4.69, 9.17) is 5.26 Å². The SMILES string of the molecule is N#Cc1ccc(-c2ccccc2[N+](=O)[O-])c(C(=O)O)c1. The summed E-state index contributed by atoms with van der Waals surface area (Å²) >= 11 is 0. The quantitative estimate of drug-likeness (QED) is 0.680. The Morgan fingerprint density at radius 1 is 1.20 bits per heavy atom. The van der Waals surface area contributed by atoms with Gasteiger partial charge < -0.3 is 5.11 Å². The van der Waals surface area contributed by atoms with E-state index in [0.29, 0.717) is 0 Å². The molecular formula is C14H8N2O4. The molecule has 1 N–H and O–H groups in total. The van der Waals surface area contributed by atoms with E-state index in [-0.39, 0.29) is 27.9 Å². The van der Waals surface area contributed by atoms with Gasteiger partial charge in [-0.05, 0) is 18.2 Å². The first-order chi connectivity index (χ1) is 9.54. The maximum atomic E-state index is 11.3. The van der Waals surface area contributed by atoms with Gasteiger partial charge >= 0.3 is 5.97 Å². The summed E-state index contributed by atoms with van der Waals surface area (Å²) < 4.78 is 0. The standard InChI is InChI=1S/C14H8N2O4/c15-8-9-5-6-10(12(7-9)14(17)18)11-3-1-2-4-13(11)16(19)20/h1-7H,(H,17,18). The maximum absolute atomic E-state index is 11.3. The summed E-state index contributed by atoms with van der Waals surface area (Å²) in [5.41, 5.74) is 0.283. The number of nitrogens with zero attached hydrogens (tertiary/aromatic N) is 2. The Balaban J connectivity index is 2.74. The van der Waals surface area contributed by atoms with Crippen molar-refractivity contribution in [2.45, 2.75) is 0 Å². The summed E-state index contributed by atoms with van der Waals surface area (Å²) in [7, 11) is 0. The van der Waals surface area contributed by atoms with E-state index in [0.717, 1.165) is 0 Å². The Bertz CT molecular complexity index is 747. The number of nitro benzene ring substituents is 1. The fourth-order valence-electron chi connectivity index (χ4n) is 1.89. The third-order valence-corrected chi connectivity index (χ3v) is 2.77. The zero-order chi connectivity index (χ0) is 14.7. The van der Waals surface area contributed by atoms with Crippen LogP contribution in [0.4, 0.5) is 5.69 Å². The molecule has 0 aliphatic rings. The highest BCUT2D eigenvalue weighted by atomic mass is 16.6. The first-order valence-corrected chi connectivity index (χ1v) is 5.56. The van der Waals surface area contributed by atoms with Crippen LogP contribution in [0.15, 0.2) is 42.5 Å². The highest BCUT2D eigenvalue weighted by molar-refractivity contribution is 5.97. The molecule has 0 bridgehead atoms. The van der Waals surface area contributed by atoms with Crippen molar-refractivity contribution in [3.63, 3.8) is 0 Å². The Morgan fingerprint density at radius 2 is 1.90 bits per heavy atom. The summed E-state index contributed by atoms with van der Waals surface area (Å²) in [6.07, 6.45) is 0. The Kier molecular flexibility index (Phi) is 3.44. The minimum absolute atomic E-state index is 0.140. The fraction of sp³-hybridized carbons (Fsp3) is 0. The molecule has 0 aliphatic heterocycles. The normalized spacial score (nSPS) is 9.75. The molecule has 6 nitrogen and oxygen atoms in total. The molecule has 0 heterocycles. The van der Waals surface area contributed by atoms with Crippen LogP contribution >= 0.6 is 0 Å². The minimum Gasteiger partial charge on any atom is -0.478 e. The number of nitriles is 1. The molecule has 2 rings (SSSR count). The maximum Gasteiger partial charge on any atom is 0.336 e. The van der Waals surface area contributed by atoms with Crippen LogP contribution in [0.1, 0.15) is 15.9 Å². The smallest absolute Gasteiger partial charge is 0.336 e. The number of benzene rings is 2. The van der Waals surface area contributed by atoms with Crippen LogP contribution in [-0.4, -0.2) is 16.0 Å². The average Bonchev–Trinajstić information content (AvgIpc) is 2.46. The van der Waals surface area contributed by atoms with E-state index in [9.17, 15) is 20.0 Å². The minimum atomic E-state index is -1.24. The number of carbonyl (C=O) groups is 1. The zero-order valence-corrected chi connectivity index (χ0v) is 10.1. The van der Waals surface area contributed by atoms with Crippen LogP contribution in [0.3, 0.4) is 0 Å². The van der Waals surface area contributed by atoms with E-state index >= 15 is 0 Å². The molecule has 0 fully saturated rings. The fourth-order valence-corrected chi connectivity index (χ4v) is 1.89. The molecule has 98 valence electrons. The summed E-state index contributed by atoms with van der Waals surface area (Å²) in [4.78, 5) is 21.7. The molecule has 0 aromatic heterocycles. The van der Waals surface area contributed by atoms with Gasteiger partial charge in [-0.25, -0.2) is 4.79 Å². The van der Waals surface area contributed by atoms with Gasteiger partial charge in [-0.3, -0.25) is 10.1 Å². The van der Waals surface area contributed by atoms with Crippen molar-refractivity contribution in [3.8, 4) is 17.2 Å². The van der Waals surface area contributed by atoms with Crippen LogP contribution < -0.4 is 0 Å². The average molecular weight is 268 g/mol. The number of hydrogen-bond acceptors (Lipinski definition) is 4. The van der Waals surface area contributed by atoms with Crippen LogP contribution in [0.25, 0.3) is 11.1 Å². The van der Waals surface area contributed by atoms with Crippen LogP contribution in [0.5, 0.6) is 0 Å². The molecule has 20 heavy (non-hydrogen) atoms. The lowest BCUT2D eigenvalue weighted by molar-refractivity contribution is -0.384. The predicted molar refractivity (Wildman–Crippen MR) is 70.2 cm³/mol. The topological polar surface area (TPSA) is 104 Å². The number of hydrogen-bond donors (Lipinski definition) is 1. The monoisotopic (exact) mass is 268 g/mol. The van der Waals surface area contributed by atoms with Crippen molar-refractivity contribution in [2.24, 2.45) is 0 Å². The molecule has 0 atom stereocenters. The molecule has 2 aromatic rings. The van der Waals surface area contributed by atoms with Gasteiger partial charge in [0.2, 0.25) is 0 Å². The van der Waals surface area contributed by atoms with E-state index in [1.54, 1.807) is 6.07 Å². The van der Waals surface area contributed by atoms with Crippen LogP contribution in [0, 0.1) is 21.4 Å². The largest absolute Gasteiger partial charge is 0.478 e. The number of rotatable bonds is 3. The van der Waals surface area contributed by atoms with Gasteiger partial charge in [-0.1, -0.05) is 18.2 Å². The zero-order valence-electron chi connectivity index (χ0n) is 10.1. The van der Waals surface area contributed by atoms with E-state index in [2.05, 4.69) is 0 Å². The molecule has 2 aromatic carbocycles.